The summed E-state index contributed by atoms with van der Waals surface area (Å²) in [5.41, 5.74) is 4.06. The number of ketones is 1. The molecule has 0 amide bonds. The highest BCUT2D eigenvalue weighted by Gasteiger charge is 2.26. The van der Waals surface area contributed by atoms with Crippen LogP contribution in [0.4, 0.5) is 5.69 Å². The number of piperazine rings is 1. The van der Waals surface area contributed by atoms with Gasteiger partial charge >= 0.3 is 0 Å². The highest BCUT2D eigenvalue weighted by Crippen LogP contribution is 2.26. The van der Waals surface area contributed by atoms with Crippen molar-refractivity contribution < 1.29 is 9.21 Å². The van der Waals surface area contributed by atoms with Crippen LogP contribution in [0, 0.1) is 6.92 Å². The molecule has 1 aromatic heterocycles. The average molecular weight is 390 g/mol. The number of rotatable bonds is 5. The largest absolute Gasteiger partial charge is 0.419 e. The minimum atomic E-state index is 0.0731. The molecule has 4 rings (SSSR count). The van der Waals surface area contributed by atoms with Crippen molar-refractivity contribution in [1.29, 1.82) is 0 Å². The van der Waals surface area contributed by atoms with Crippen LogP contribution in [0.2, 0.25) is 0 Å². The van der Waals surface area contributed by atoms with E-state index in [1.165, 1.54) is 5.56 Å². The second-order valence-electron chi connectivity index (χ2n) is 7.61. The van der Waals surface area contributed by atoms with Gasteiger partial charge in [-0.15, -0.1) is 10.2 Å². The molecule has 0 radical (unpaired) electrons. The summed E-state index contributed by atoms with van der Waals surface area (Å²) in [6, 6.07) is 16.0. The molecule has 2 heterocycles. The van der Waals surface area contributed by atoms with Crippen LogP contribution in [0.25, 0.3) is 11.5 Å². The first-order valence-electron chi connectivity index (χ1n) is 10.0. The fourth-order valence-corrected chi connectivity index (χ4v) is 3.65. The molecule has 1 unspecified atom stereocenters. The van der Waals surface area contributed by atoms with Crippen LogP contribution < -0.4 is 4.90 Å². The Kier molecular flexibility index (Phi) is 5.45. The topological polar surface area (TPSA) is 62.5 Å². The van der Waals surface area contributed by atoms with E-state index in [2.05, 4.69) is 33.8 Å². The van der Waals surface area contributed by atoms with Gasteiger partial charge in [-0.25, -0.2) is 0 Å². The van der Waals surface area contributed by atoms with E-state index in [1.807, 2.05) is 48.5 Å². The van der Waals surface area contributed by atoms with Gasteiger partial charge in [0.05, 0.1) is 6.04 Å². The first-order chi connectivity index (χ1) is 14.0. The zero-order chi connectivity index (χ0) is 20.4. The van der Waals surface area contributed by atoms with Gasteiger partial charge < -0.3 is 9.32 Å². The molecule has 1 atom stereocenters. The van der Waals surface area contributed by atoms with E-state index in [0.29, 0.717) is 11.8 Å². The molecule has 6 nitrogen and oxygen atoms in total. The van der Waals surface area contributed by atoms with E-state index >= 15 is 0 Å². The first-order valence-corrected chi connectivity index (χ1v) is 10.0. The number of hydrogen-bond acceptors (Lipinski definition) is 6. The zero-order valence-electron chi connectivity index (χ0n) is 17.1. The van der Waals surface area contributed by atoms with Gasteiger partial charge in [0.25, 0.3) is 0 Å². The molecule has 1 aliphatic heterocycles. The third-order valence-corrected chi connectivity index (χ3v) is 5.60. The molecule has 1 aliphatic rings. The molecule has 0 bridgehead atoms. The molecular weight excluding hydrogens is 364 g/mol. The van der Waals surface area contributed by atoms with Crippen molar-refractivity contribution in [2.45, 2.75) is 26.8 Å². The molecule has 1 fully saturated rings. The fourth-order valence-electron chi connectivity index (χ4n) is 3.65. The van der Waals surface area contributed by atoms with Gasteiger partial charge in [-0.05, 0) is 57.2 Å². The second-order valence-corrected chi connectivity index (χ2v) is 7.61. The smallest absolute Gasteiger partial charge is 0.247 e. The number of anilines is 1. The summed E-state index contributed by atoms with van der Waals surface area (Å²) in [6.07, 6.45) is 0. The Bertz CT molecular complexity index is 971. The minimum absolute atomic E-state index is 0.0731. The molecule has 29 heavy (non-hydrogen) atoms. The molecular formula is C23H26N4O2. The molecule has 150 valence electrons. The summed E-state index contributed by atoms with van der Waals surface area (Å²) in [5.74, 6) is 1.32. The van der Waals surface area contributed by atoms with Crippen molar-refractivity contribution in [1.82, 2.24) is 15.1 Å². The van der Waals surface area contributed by atoms with Crippen molar-refractivity contribution in [3.63, 3.8) is 0 Å². The standard InChI is InChI=1S/C23H26N4O2/c1-16-4-6-20(7-5-16)23-25-24-22(29-23)17(2)26-12-14-27(15-13-26)21-10-8-19(9-11-21)18(3)28/h4-11,17H,12-15H2,1-3H3. The first kappa shape index (κ1) is 19.3. The van der Waals surface area contributed by atoms with E-state index in [4.69, 9.17) is 4.42 Å². The molecule has 0 N–H and O–H groups in total. The zero-order valence-corrected chi connectivity index (χ0v) is 17.1. The minimum Gasteiger partial charge on any atom is -0.419 e. The summed E-state index contributed by atoms with van der Waals surface area (Å²) in [5, 5.41) is 8.53. The summed E-state index contributed by atoms with van der Waals surface area (Å²) in [6.45, 7) is 9.43. The normalized spacial score (nSPS) is 16.0. The van der Waals surface area contributed by atoms with Gasteiger partial charge in [0, 0.05) is 43.0 Å². The predicted molar refractivity (Wildman–Crippen MR) is 113 cm³/mol. The van der Waals surface area contributed by atoms with Gasteiger partial charge in [-0.1, -0.05) is 17.7 Å². The van der Waals surface area contributed by atoms with Crippen LogP contribution in [0.1, 0.15) is 41.7 Å². The SMILES string of the molecule is CC(=O)c1ccc(N2CCN(C(C)c3nnc(-c4ccc(C)cc4)o3)CC2)cc1. The summed E-state index contributed by atoms with van der Waals surface area (Å²) >= 11 is 0. The number of aryl methyl sites for hydroxylation is 1. The van der Waals surface area contributed by atoms with Crippen molar-refractivity contribution in [3.8, 4) is 11.5 Å². The average Bonchev–Trinajstić information content (AvgIpc) is 3.24. The van der Waals surface area contributed by atoms with E-state index in [9.17, 15) is 4.79 Å². The Morgan fingerprint density at radius 1 is 0.966 bits per heavy atom. The molecule has 1 saturated heterocycles. The Labute approximate surface area is 171 Å². The lowest BCUT2D eigenvalue weighted by molar-refractivity contribution is 0.101. The van der Waals surface area contributed by atoms with Gasteiger partial charge in [0.15, 0.2) is 5.78 Å². The number of benzene rings is 2. The van der Waals surface area contributed by atoms with Crippen LogP contribution in [0.15, 0.2) is 52.9 Å². The number of aromatic nitrogens is 2. The highest BCUT2D eigenvalue weighted by molar-refractivity contribution is 5.94. The lowest BCUT2D eigenvalue weighted by Gasteiger charge is -2.38. The quantitative estimate of drug-likeness (QED) is 0.611. The van der Waals surface area contributed by atoms with Crippen LogP contribution in [0.3, 0.4) is 0 Å². The monoisotopic (exact) mass is 390 g/mol. The Balaban J connectivity index is 1.38. The van der Waals surface area contributed by atoms with E-state index in [-0.39, 0.29) is 11.8 Å². The van der Waals surface area contributed by atoms with E-state index in [0.717, 1.165) is 43.0 Å². The molecule has 0 aliphatic carbocycles. The number of Topliss-reactive ketones (excluding diaryl/α,β-unsaturated/α-hetero) is 1. The number of carbonyl (C=O) groups excluding carboxylic acids is 1. The maximum Gasteiger partial charge on any atom is 0.247 e. The summed E-state index contributed by atoms with van der Waals surface area (Å²) in [7, 11) is 0. The number of hydrogen-bond donors (Lipinski definition) is 0. The van der Waals surface area contributed by atoms with Crippen LogP contribution in [0.5, 0.6) is 0 Å². The molecule has 6 heteroatoms. The summed E-state index contributed by atoms with van der Waals surface area (Å²) in [4.78, 5) is 16.2. The third-order valence-electron chi connectivity index (χ3n) is 5.60. The van der Waals surface area contributed by atoms with Crippen molar-refractivity contribution in [3.05, 3.63) is 65.5 Å². The number of carbonyl (C=O) groups is 1. The van der Waals surface area contributed by atoms with Crippen LogP contribution in [-0.2, 0) is 0 Å². The van der Waals surface area contributed by atoms with Crippen LogP contribution in [-0.4, -0.2) is 47.1 Å². The van der Waals surface area contributed by atoms with E-state index < -0.39 is 0 Å². The summed E-state index contributed by atoms with van der Waals surface area (Å²) < 4.78 is 5.96. The Morgan fingerprint density at radius 3 is 2.24 bits per heavy atom. The fraction of sp³-hybridized carbons (Fsp3) is 0.348. The van der Waals surface area contributed by atoms with Crippen molar-refractivity contribution in [2.75, 3.05) is 31.1 Å². The molecule has 2 aromatic carbocycles. The molecule has 0 saturated carbocycles. The van der Waals surface area contributed by atoms with Gasteiger partial charge in [-0.3, -0.25) is 9.69 Å². The van der Waals surface area contributed by atoms with Gasteiger partial charge in [0.1, 0.15) is 0 Å². The Morgan fingerprint density at radius 2 is 1.62 bits per heavy atom. The lowest BCUT2D eigenvalue weighted by Crippen LogP contribution is -2.47. The third kappa shape index (κ3) is 4.22. The number of nitrogens with zero attached hydrogens (tertiary/aromatic N) is 4. The predicted octanol–water partition coefficient (Wildman–Crippen LogP) is 4.13. The highest BCUT2D eigenvalue weighted by atomic mass is 16.4. The lowest BCUT2D eigenvalue weighted by atomic mass is 10.1. The molecule has 0 spiro atoms. The van der Waals surface area contributed by atoms with Crippen molar-refractivity contribution >= 4 is 11.5 Å². The van der Waals surface area contributed by atoms with Crippen LogP contribution >= 0.6 is 0 Å². The van der Waals surface area contributed by atoms with E-state index in [1.54, 1.807) is 6.92 Å². The van der Waals surface area contributed by atoms with Crippen molar-refractivity contribution in [2.24, 2.45) is 0 Å². The van der Waals surface area contributed by atoms with Gasteiger partial charge in [0.2, 0.25) is 11.8 Å². The second kappa shape index (κ2) is 8.17. The maximum absolute atomic E-state index is 11.5. The van der Waals surface area contributed by atoms with Gasteiger partial charge in [-0.2, -0.15) is 0 Å². The molecule has 3 aromatic rings. The maximum atomic E-state index is 11.5. The Hall–Kier alpha value is -2.99.